The molecule has 0 saturated heterocycles. The summed E-state index contributed by atoms with van der Waals surface area (Å²) in [6.07, 6.45) is 12.9. The molecule has 1 aliphatic heterocycles. The third kappa shape index (κ3) is 8.89. The fourth-order valence-electron chi connectivity index (χ4n) is 7.83. The quantitative estimate of drug-likeness (QED) is 0.0681. The molecular formula is C45H45N4O9S2+. The molecule has 1 aliphatic carbocycles. The topological polar surface area (TPSA) is 180 Å². The third-order valence-electron chi connectivity index (χ3n) is 10.8. The molecule has 0 amide bonds. The van der Waals surface area contributed by atoms with Gasteiger partial charge in [0.2, 0.25) is 17.1 Å². The average molecular weight is 850 g/mol. The molecule has 2 aromatic heterocycles. The Labute approximate surface area is 348 Å². The van der Waals surface area contributed by atoms with E-state index in [1.54, 1.807) is 0 Å². The first-order valence-electron chi connectivity index (χ1n) is 19.4. The van der Waals surface area contributed by atoms with Gasteiger partial charge in [-0.25, -0.2) is 4.79 Å². The number of benzene rings is 3. The summed E-state index contributed by atoms with van der Waals surface area (Å²) in [5.41, 5.74) is 6.07. The zero-order chi connectivity index (χ0) is 42.8. The number of pyridine rings is 1. The van der Waals surface area contributed by atoms with Crippen molar-refractivity contribution >= 4 is 65.7 Å². The predicted molar refractivity (Wildman–Crippen MR) is 235 cm³/mol. The van der Waals surface area contributed by atoms with E-state index in [0.717, 1.165) is 53.8 Å². The van der Waals surface area contributed by atoms with Gasteiger partial charge >= 0.3 is 5.69 Å². The predicted octanol–water partition coefficient (Wildman–Crippen LogP) is 6.00. The normalized spacial score (nSPS) is 15.5. The standard InChI is InChI=1S/C45H44N4O9S2/c1-46-43(50)42(44(51)47(2)45(46)52)41-37(25-23-33-21-19-31-13-3-7-17-39(31)48(33)27-9-11-29-59(53,54)55)35-15-5-6-16-36(35)38(41)26-24-34-22-20-32-14-4-8-18-40(32)49(34)28-10-12-30-60(56,57)58/h3-8,13-26H,9-12,27-30H2,1-2H3,(H2,53,54,55,56,57,58)/p+1/b33-23+,37-25+. The highest BCUT2D eigenvalue weighted by molar-refractivity contribution is 7.86. The molecule has 0 bridgehead atoms. The van der Waals surface area contributed by atoms with E-state index >= 15 is 0 Å². The number of para-hydroxylation sites is 2. The highest BCUT2D eigenvalue weighted by atomic mass is 32.2. The second-order valence-corrected chi connectivity index (χ2v) is 17.9. The third-order valence-corrected chi connectivity index (χ3v) is 12.4. The highest BCUT2D eigenvalue weighted by Gasteiger charge is 2.32. The van der Waals surface area contributed by atoms with Crippen molar-refractivity contribution in [2.24, 2.45) is 14.1 Å². The monoisotopic (exact) mass is 849 g/mol. The minimum atomic E-state index is -4.12. The lowest BCUT2D eigenvalue weighted by atomic mass is 9.96. The average Bonchev–Trinajstić information content (AvgIpc) is 3.52. The maximum Gasteiger partial charge on any atom is 0.333 e. The Balaban J connectivity index is 1.40. The fourth-order valence-corrected chi connectivity index (χ4v) is 8.97. The summed E-state index contributed by atoms with van der Waals surface area (Å²) in [6, 6.07) is 27.2. The summed E-state index contributed by atoms with van der Waals surface area (Å²) in [5.74, 6) is -1.20. The van der Waals surface area contributed by atoms with Crippen molar-refractivity contribution in [3.05, 3.63) is 164 Å². The van der Waals surface area contributed by atoms with E-state index in [2.05, 4.69) is 9.47 Å². The number of fused-ring (bicyclic) bond motifs is 3. The Morgan fingerprint density at radius 3 is 2.12 bits per heavy atom. The van der Waals surface area contributed by atoms with Crippen molar-refractivity contribution in [2.45, 2.75) is 32.2 Å². The second-order valence-electron chi connectivity index (χ2n) is 14.7. The number of allylic oxidation sites excluding steroid dienone is 7. The molecule has 15 heteroatoms. The summed E-state index contributed by atoms with van der Waals surface area (Å²) >= 11 is 0. The van der Waals surface area contributed by atoms with Gasteiger partial charge in [0.1, 0.15) is 12.1 Å². The Kier molecular flexibility index (Phi) is 12.1. The van der Waals surface area contributed by atoms with Crippen LogP contribution in [0.15, 0.2) is 125 Å². The molecule has 0 fully saturated rings. The number of aryl methyl sites for hydroxylation is 1. The molecule has 0 spiro atoms. The minimum Gasteiger partial charge on any atom is -0.494 e. The molecule has 0 unspecified atom stereocenters. The first-order valence-corrected chi connectivity index (χ1v) is 22.6. The summed E-state index contributed by atoms with van der Waals surface area (Å²) in [7, 11) is -5.47. The van der Waals surface area contributed by atoms with Crippen molar-refractivity contribution in [2.75, 3.05) is 23.0 Å². The summed E-state index contributed by atoms with van der Waals surface area (Å²) in [5, 5.41) is 12.6. The number of nitrogens with zero attached hydrogens (tertiary/aromatic N) is 4. The van der Waals surface area contributed by atoms with Gasteiger partial charge in [0.25, 0.3) is 25.8 Å². The fraction of sp³-hybridized carbons (Fsp3) is 0.222. The van der Waals surface area contributed by atoms with Crippen molar-refractivity contribution in [1.29, 1.82) is 0 Å². The van der Waals surface area contributed by atoms with E-state index in [4.69, 9.17) is 0 Å². The van der Waals surface area contributed by atoms with E-state index < -0.39 is 37.4 Å². The van der Waals surface area contributed by atoms with Gasteiger partial charge in [-0.3, -0.25) is 23.0 Å². The molecule has 5 aromatic rings. The van der Waals surface area contributed by atoms with Crippen LogP contribution in [0.1, 0.15) is 53.6 Å². The van der Waals surface area contributed by atoms with Crippen LogP contribution >= 0.6 is 0 Å². The van der Waals surface area contributed by atoms with Crippen LogP contribution in [0.25, 0.3) is 39.8 Å². The SMILES string of the molecule is Cn1c(O)c(C2=C(/C=C/c3ccc4ccccc4[n+]3CCCCS(=O)(=O)O)c3ccccc3/C2=C\C=C2/C=Cc3ccccc3N2CCCCS(=O)(=O)O)c(=O)n(C)c1=O. The highest BCUT2D eigenvalue weighted by Crippen LogP contribution is 2.48. The Hall–Kier alpha value is -6.13. The van der Waals surface area contributed by atoms with E-state index in [0.29, 0.717) is 42.7 Å². The van der Waals surface area contributed by atoms with E-state index in [1.165, 1.54) is 14.1 Å². The summed E-state index contributed by atoms with van der Waals surface area (Å²) < 4.78 is 68.6. The number of aromatic nitrogens is 3. The van der Waals surface area contributed by atoms with Crippen LogP contribution in [0.3, 0.4) is 0 Å². The minimum absolute atomic E-state index is 0.0664. The van der Waals surface area contributed by atoms with Crippen molar-refractivity contribution < 1.29 is 35.6 Å². The lowest BCUT2D eigenvalue weighted by Gasteiger charge is -2.30. The van der Waals surface area contributed by atoms with Crippen molar-refractivity contribution in [3.63, 3.8) is 0 Å². The van der Waals surface area contributed by atoms with E-state index in [-0.39, 0.29) is 29.9 Å². The number of unbranched alkanes of at least 4 members (excludes halogenated alkanes) is 2. The number of aromatic hydroxyl groups is 1. The molecule has 3 N–H and O–H groups in total. The van der Waals surface area contributed by atoms with Gasteiger partial charge in [-0.2, -0.15) is 21.4 Å². The number of rotatable bonds is 14. The Morgan fingerprint density at radius 1 is 0.700 bits per heavy atom. The maximum absolute atomic E-state index is 14.1. The Bertz CT molecular complexity index is 3030. The van der Waals surface area contributed by atoms with Gasteiger partial charge in [-0.05, 0) is 83.5 Å². The smallest absolute Gasteiger partial charge is 0.333 e. The first kappa shape index (κ1) is 42.0. The largest absolute Gasteiger partial charge is 0.494 e. The van der Waals surface area contributed by atoms with Crippen LogP contribution in [0.2, 0.25) is 0 Å². The second kappa shape index (κ2) is 17.2. The number of anilines is 1. The Morgan fingerprint density at radius 2 is 1.37 bits per heavy atom. The molecule has 0 radical (unpaired) electrons. The lowest BCUT2D eigenvalue weighted by molar-refractivity contribution is -0.673. The van der Waals surface area contributed by atoms with Gasteiger partial charge in [0, 0.05) is 67.6 Å². The summed E-state index contributed by atoms with van der Waals surface area (Å²) in [6.45, 7) is 0.895. The van der Waals surface area contributed by atoms with E-state index in [9.17, 15) is 40.6 Å². The molecule has 3 aromatic carbocycles. The molecule has 60 heavy (non-hydrogen) atoms. The lowest BCUT2D eigenvalue weighted by Crippen LogP contribution is -2.38. The molecule has 0 atom stereocenters. The van der Waals surface area contributed by atoms with Crippen LogP contribution in [0.5, 0.6) is 5.88 Å². The van der Waals surface area contributed by atoms with Gasteiger partial charge in [-0.1, -0.05) is 66.7 Å². The van der Waals surface area contributed by atoms with Crippen LogP contribution in [-0.4, -0.2) is 58.2 Å². The van der Waals surface area contributed by atoms with Crippen LogP contribution in [0.4, 0.5) is 5.69 Å². The van der Waals surface area contributed by atoms with Gasteiger partial charge in [-0.15, -0.1) is 0 Å². The van der Waals surface area contributed by atoms with Crippen LogP contribution in [-0.2, 0) is 40.9 Å². The molecule has 7 rings (SSSR count). The maximum atomic E-state index is 14.1. The molecule has 310 valence electrons. The van der Waals surface area contributed by atoms with Gasteiger partial charge < -0.3 is 10.0 Å². The first-order chi connectivity index (χ1) is 28.6. The zero-order valence-electron chi connectivity index (χ0n) is 33.1. The van der Waals surface area contributed by atoms with Gasteiger partial charge in [0.15, 0.2) is 0 Å². The summed E-state index contributed by atoms with van der Waals surface area (Å²) in [4.78, 5) is 29.2. The zero-order valence-corrected chi connectivity index (χ0v) is 34.7. The van der Waals surface area contributed by atoms with Crippen molar-refractivity contribution in [1.82, 2.24) is 9.13 Å². The van der Waals surface area contributed by atoms with Crippen LogP contribution < -0.4 is 20.7 Å². The molecule has 0 saturated carbocycles. The number of hydrogen-bond acceptors (Lipinski definition) is 8. The van der Waals surface area contributed by atoms with E-state index in [1.807, 2.05) is 121 Å². The van der Waals surface area contributed by atoms with Crippen molar-refractivity contribution in [3.8, 4) is 5.88 Å². The van der Waals surface area contributed by atoms with Gasteiger partial charge in [0.05, 0.1) is 11.5 Å². The number of hydrogen-bond donors (Lipinski definition) is 3. The molecule has 13 nitrogen and oxygen atoms in total. The molecule has 2 aliphatic rings. The van der Waals surface area contributed by atoms with Crippen LogP contribution in [0, 0.1) is 0 Å². The molecular weight excluding hydrogens is 805 g/mol. The molecule has 3 heterocycles.